The van der Waals surface area contributed by atoms with Gasteiger partial charge in [0.25, 0.3) is 0 Å². The molecule has 3 nitrogen and oxygen atoms in total. The molecule has 0 aliphatic carbocycles. The van der Waals surface area contributed by atoms with Crippen molar-refractivity contribution in [3.8, 4) is 0 Å². The Morgan fingerprint density at radius 3 is 2.60 bits per heavy atom. The van der Waals surface area contributed by atoms with E-state index in [9.17, 15) is 4.79 Å². The Labute approximate surface area is 125 Å². The summed E-state index contributed by atoms with van der Waals surface area (Å²) in [6.45, 7) is 4.39. The minimum absolute atomic E-state index is 0.0411. The number of carbonyl (C=O) groups is 1. The molecule has 4 heteroatoms. The van der Waals surface area contributed by atoms with Crippen LogP contribution in [0.1, 0.15) is 38.3 Å². The molecular formula is C16H24N2OS. The smallest absolute Gasteiger partial charge is 0.238 e. The number of carbonyl (C=O) groups excluding carboxylic acids is 1. The predicted octanol–water partition coefficient (Wildman–Crippen LogP) is 2.94. The molecule has 0 spiro atoms. The van der Waals surface area contributed by atoms with Crippen LogP contribution in [0.3, 0.4) is 0 Å². The van der Waals surface area contributed by atoms with E-state index >= 15 is 0 Å². The number of amides is 1. The molecule has 1 fully saturated rings. The van der Waals surface area contributed by atoms with Gasteiger partial charge in [-0.3, -0.25) is 10.1 Å². The third-order valence-electron chi connectivity index (χ3n) is 4.01. The summed E-state index contributed by atoms with van der Waals surface area (Å²) in [5.41, 5.74) is 1.21. The maximum atomic E-state index is 12.4. The molecule has 1 aromatic rings. The Kier molecular flexibility index (Phi) is 5.92. The van der Waals surface area contributed by atoms with Gasteiger partial charge in [-0.05, 0) is 11.5 Å². The quantitative estimate of drug-likeness (QED) is 0.847. The lowest BCUT2D eigenvalue weighted by Crippen LogP contribution is -2.45. The second kappa shape index (κ2) is 7.70. The first-order valence-corrected chi connectivity index (χ1v) is 8.58. The van der Waals surface area contributed by atoms with Crippen molar-refractivity contribution in [3.63, 3.8) is 0 Å². The molecule has 0 saturated carbocycles. The van der Waals surface area contributed by atoms with Crippen LogP contribution in [0.15, 0.2) is 30.3 Å². The predicted molar refractivity (Wildman–Crippen MR) is 85.6 cm³/mol. The fourth-order valence-corrected chi connectivity index (χ4v) is 3.65. The van der Waals surface area contributed by atoms with Gasteiger partial charge >= 0.3 is 0 Å². The molecule has 2 unspecified atom stereocenters. The van der Waals surface area contributed by atoms with E-state index in [4.69, 9.17) is 0 Å². The van der Waals surface area contributed by atoms with E-state index in [1.54, 1.807) is 11.8 Å². The van der Waals surface area contributed by atoms with Crippen molar-refractivity contribution in [3.05, 3.63) is 35.9 Å². The first kappa shape index (κ1) is 15.4. The van der Waals surface area contributed by atoms with Crippen molar-refractivity contribution < 1.29 is 4.79 Å². The molecule has 1 aliphatic heterocycles. The Morgan fingerprint density at radius 2 is 2.05 bits per heavy atom. The molecular weight excluding hydrogens is 268 g/mol. The Hall–Kier alpha value is -1.00. The van der Waals surface area contributed by atoms with Crippen molar-refractivity contribution in [2.24, 2.45) is 5.92 Å². The minimum Gasteiger partial charge on any atom is -0.348 e. The van der Waals surface area contributed by atoms with E-state index in [-0.39, 0.29) is 18.0 Å². The zero-order valence-electron chi connectivity index (χ0n) is 12.3. The van der Waals surface area contributed by atoms with Crippen LogP contribution in [0.2, 0.25) is 0 Å². The molecule has 1 saturated heterocycles. The molecule has 0 aromatic heterocycles. The molecule has 110 valence electrons. The van der Waals surface area contributed by atoms with E-state index in [0.29, 0.717) is 5.92 Å². The molecule has 20 heavy (non-hydrogen) atoms. The molecule has 2 atom stereocenters. The Bertz CT molecular complexity index is 414. The summed E-state index contributed by atoms with van der Waals surface area (Å²) >= 11 is 1.78. The number of hydrogen-bond donors (Lipinski definition) is 2. The molecule has 1 aliphatic rings. The van der Waals surface area contributed by atoms with Crippen molar-refractivity contribution in [2.75, 3.05) is 11.6 Å². The van der Waals surface area contributed by atoms with Crippen LogP contribution in [0.5, 0.6) is 0 Å². The maximum Gasteiger partial charge on any atom is 0.238 e. The highest BCUT2D eigenvalue weighted by Gasteiger charge is 2.28. The zero-order valence-corrected chi connectivity index (χ0v) is 13.1. The van der Waals surface area contributed by atoms with Gasteiger partial charge in [0.1, 0.15) is 0 Å². The highest BCUT2D eigenvalue weighted by atomic mass is 32.2. The molecule has 2 N–H and O–H groups in total. The third kappa shape index (κ3) is 3.76. The van der Waals surface area contributed by atoms with E-state index in [2.05, 4.69) is 36.6 Å². The van der Waals surface area contributed by atoms with E-state index in [1.807, 2.05) is 18.2 Å². The summed E-state index contributed by atoms with van der Waals surface area (Å²) in [6.07, 6.45) is 2.15. The zero-order chi connectivity index (χ0) is 14.4. The lowest BCUT2D eigenvalue weighted by atomic mass is 9.88. The number of nitrogens with one attached hydrogen (secondary N) is 2. The number of benzene rings is 1. The fourth-order valence-electron chi connectivity index (χ4n) is 2.71. The normalized spacial score (nSPS) is 20.1. The topological polar surface area (TPSA) is 41.1 Å². The molecule has 2 rings (SSSR count). The van der Waals surface area contributed by atoms with Crippen molar-refractivity contribution in [1.82, 2.24) is 10.6 Å². The number of thioether (sulfide) groups is 1. The lowest BCUT2D eigenvalue weighted by Gasteiger charge is -2.28. The van der Waals surface area contributed by atoms with E-state index < -0.39 is 0 Å². The standard InChI is InChI=1S/C16H24N2OS/c1-3-12(4-2)15(13-8-6-5-7-9-13)18-16(19)14-10-20-11-17-14/h5-9,12,14-15,17H,3-4,10-11H2,1-2H3,(H,18,19). The van der Waals surface area contributed by atoms with Crippen molar-refractivity contribution >= 4 is 17.7 Å². The second-order valence-electron chi connectivity index (χ2n) is 5.25. The van der Waals surface area contributed by atoms with Gasteiger partial charge in [-0.15, -0.1) is 11.8 Å². The highest BCUT2D eigenvalue weighted by Crippen LogP contribution is 2.27. The number of rotatable bonds is 6. The van der Waals surface area contributed by atoms with Gasteiger partial charge in [0, 0.05) is 11.6 Å². The fraction of sp³-hybridized carbons (Fsp3) is 0.562. The van der Waals surface area contributed by atoms with Gasteiger partial charge in [-0.1, -0.05) is 57.0 Å². The lowest BCUT2D eigenvalue weighted by molar-refractivity contribution is -0.123. The molecule has 1 heterocycles. The van der Waals surface area contributed by atoms with Gasteiger partial charge in [-0.2, -0.15) is 0 Å². The maximum absolute atomic E-state index is 12.4. The second-order valence-corrected chi connectivity index (χ2v) is 6.28. The van der Waals surface area contributed by atoms with Crippen LogP contribution < -0.4 is 10.6 Å². The van der Waals surface area contributed by atoms with Crippen molar-refractivity contribution in [1.29, 1.82) is 0 Å². The summed E-state index contributed by atoms with van der Waals surface area (Å²) in [7, 11) is 0. The van der Waals surface area contributed by atoms with Gasteiger partial charge in [0.2, 0.25) is 5.91 Å². The van der Waals surface area contributed by atoms with Crippen LogP contribution in [0, 0.1) is 5.92 Å². The van der Waals surface area contributed by atoms with Crippen LogP contribution in [-0.2, 0) is 4.79 Å². The summed E-state index contributed by atoms with van der Waals surface area (Å²) in [5.74, 6) is 2.36. The van der Waals surface area contributed by atoms with Gasteiger partial charge in [-0.25, -0.2) is 0 Å². The first-order chi connectivity index (χ1) is 9.76. The number of hydrogen-bond acceptors (Lipinski definition) is 3. The van der Waals surface area contributed by atoms with Crippen LogP contribution >= 0.6 is 11.8 Å². The molecule has 1 amide bonds. The minimum atomic E-state index is -0.0411. The first-order valence-electron chi connectivity index (χ1n) is 7.42. The van der Waals surface area contributed by atoms with Crippen LogP contribution in [-0.4, -0.2) is 23.6 Å². The molecule has 0 bridgehead atoms. The van der Waals surface area contributed by atoms with Crippen molar-refractivity contribution in [2.45, 2.75) is 38.8 Å². The molecule has 1 aromatic carbocycles. The SMILES string of the molecule is CCC(CC)C(NC(=O)C1CSCN1)c1ccccc1. The average Bonchev–Trinajstić information content (AvgIpc) is 3.02. The Morgan fingerprint density at radius 1 is 1.35 bits per heavy atom. The summed E-state index contributed by atoms with van der Waals surface area (Å²) in [6, 6.07) is 10.4. The van der Waals surface area contributed by atoms with Crippen LogP contribution in [0.25, 0.3) is 0 Å². The van der Waals surface area contributed by atoms with Crippen LogP contribution in [0.4, 0.5) is 0 Å². The van der Waals surface area contributed by atoms with Gasteiger partial charge in [0.15, 0.2) is 0 Å². The summed E-state index contributed by atoms with van der Waals surface area (Å²) in [5, 5.41) is 6.50. The largest absolute Gasteiger partial charge is 0.348 e. The summed E-state index contributed by atoms with van der Waals surface area (Å²) in [4.78, 5) is 12.4. The summed E-state index contributed by atoms with van der Waals surface area (Å²) < 4.78 is 0. The highest BCUT2D eigenvalue weighted by molar-refractivity contribution is 7.99. The third-order valence-corrected chi connectivity index (χ3v) is 4.95. The van der Waals surface area contributed by atoms with Gasteiger partial charge in [0.05, 0.1) is 12.1 Å². The monoisotopic (exact) mass is 292 g/mol. The Balaban J connectivity index is 2.12. The van der Waals surface area contributed by atoms with Gasteiger partial charge < -0.3 is 5.32 Å². The average molecular weight is 292 g/mol. The molecule has 0 radical (unpaired) electrons. The van der Waals surface area contributed by atoms with E-state index in [0.717, 1.165) is 24.5 Å². The van der Waals surface area contributed by atoms with E-state index in [1.165, 1.54) is 5.56 Å².